The third kappa shape index (κ3) is 0.709. The number of hydrogen-bond acceptors (Lipinski definition) is 5. The highest BCUT2D eigenvalue weighted by Gasteiger charge is 2.40. The highest BCUT2D eigenvalue weighted by atomic mass is 15.9. The van der Waals surface area contributed by atoms with Gasteiger partial charge in [-0.25, -0.2) is 10.4 Å². The van der Waals surface area contributed by atoms with E-state index < -0.39 is 0 Å². The molecule has 0 aromatic heterocycles. The van der Waals surface area contributed by atoms with E-state index in [9.17, 15) is 0 Å². The van der Waals surface area contributed by atoms with E-state index in [-0.39, 0.29) is 4.70 Å². The molecule has 1 unspecified atom stereocenters. The fraction of sp³-hybridized carbons (Fsp3) is 0.200. The van der Waals surface area contributed by atoms with Crippen molar-refractivity contribution in [2.45, 2.75) is 0 Å². The second-order valence-corrected chi connectivity index (χ2v) is 2.31. The summed E-state index contributed by atoms with van der Waals surface area (Å²) in [7, 11) is 1.79. The molecule has 2 aliphatic heterocycles. The Morgan fingerprint density at radius 2 is 2.55 bits per heavy atom. The van der Waals surface area contributed by atoms with Gasteiger partial charge in [-0.05, 0) is 9.80 Å². The lowest BCUT2D eigenvalue weighted by Gasteiger charge is -2.16. The van der Waals surface area contributed by atoms with Crippen LogP contribution in [0.2, 0.25) is 0 Å². The first kappa shape index (κ1) is 6.47. The van der Waals surface area contributed by atoms with E-state index in [4.69, 9.17) is 5.84 Å². The first-order valence-electron chi connectivity index (χ1n) is 3.21. The molecule has 0 amide bonds. The van der Waals surface area contributed by atoms with Crippen LogP contribution in [0.25, 0.3) is 0 Å². The first-order chi connectivity index (χ1) is 5.26. The smallest absolute Gasteiger partial charge is 0.227 e. The molecule has 2 rings (SSSR count). The van der Waals surface area contributed by atoms with E-state index in [1.807, 2.05) is 0 Å². The number of fused-ring (bicyclic) bond motifs is 1. The predicted molar refractivity (Wildman–Crippen MR) is 40.4 cm³/mol. The molecule has 0 aromatic rings. The maximum Gasteiger partial charge on any atom is 0.295 e. The number of rotatable bonds is 1. The molecule has 0 saturated carbocycles. The summed E-state index contributed by atoms with van der Waals surface area (Å²) >= 11 is 0. The molecule has 0 fully saturated rings. The Morgan fingerprint density at radius 3 is 3.27 bits per heavy atom. The highest BCUT2D eigenvalue weighted by molar-refractivity contribution is 5.64. The van der Waals surface area contributed by atoms with Gasteiger partial charge in [-0.15, -0.1) is 5.84 Å². The molecular weight excluding hydrogens is 144 g/mol. The second-order valence-electron chi connectivity index (χ2n) is 2.31. The third-order valence-corrected chi connectivity index (χ3v) is 1.65. The van der Waals surface area contributed by atoms with Crippen LogP contribution in [0.4, 0.5) is 0 Å². The first-order valence-corrected chi connectivity index (χ1v) is 3.21. The van der Waals surface area contributed by atoms with E-state index >= 15 is 0 Å². The lowest BCUT2D eigenvalue weighted by Crippen LogP contribution is -2.47. The van der Waals surface area contributed by atoms with Crippen molar-refractivity contribution in [2.24, 2.45) is 15.9 Å². The normalized spacial score (nSPS) is 32.9. The number of nitrogens with two attached hydrogens (primary N) is 1. The molecule has 58 valence electrons. The zero-order valence-electron chi connectivity index (χ0n) is 6.10. The minimum Gasteiger partial charge on any atom is -0.227 e. The van der Waals surface area contributed by atoms with Crippen LogP contribution in [-0.2, 0) is 0 Å². The van der Waals surface area contributed by atoms with E-state index in [1.54, 1.807) is 30.9 Å². The minimum atomic E-state index is -0.0825. The van der Waals surface area contributed by atoms with Gasteiger partial charge in [0.1, 0.15) is 6.20 Å². The summed E-state index contributed by atoms with van der Waals surface area (Å²) in [4.78, 5) is 3.90. The van der Waals surface area contributed by atoms with Gasteiger partial charge in [-0.2, -0.15) is 4.99 Å². The Labute approximate surface area is 63.8 Å². The summed E-state index contributed by atoms with van der Waals surface area (Å²) in [5.74, 6) is 6.57. The number of quaternary nitrogens is 1. The number of hydrazine groups is 1. The SMILES string of the molecule is CNN1C=N[N+]2(N)C=NC=C12. The summed E-state index contributed by atoms with van der Waals surface area (Å²) in [6.45, 7) is 0. The summed E-state index contributed by atoms with van der Waals surface area (Å²) in [5.41, 5.74) is 2.90. The van der Waals surface area contributed by atoms with Gasteiger partial charge in [0.15, 0.2) is 6.34 Å². The molecule has 0 bridgehead atoms. The summed E-state index contributed by atoms with van der Waals surface area (Å²) in [5, 5.41) is 5.73. The van der Waals surface area contributed by atoms with Crippen molar-refractivity contribution in [3.63, 3.8) is 0 Å². The van der Waals surface area contributed by atoms with Gasteiger partial charge in [-0.3, -0.25) is 0 Å². The maximum atomic E-state index is 5.77. The van der Waals surface area contributed by atoms with Gasteiger partial charge in [0.25, 0.3) is 5.82 Å². The highest BCUT2D eigenvalue weighted by Crippen LogP contribution is 2.21. The number of hydrogen-bond donors (Lipinski definition) is 2. The van der Waals surface area contributed by atoms with Gasteiger partial charge in [0.05, 0.1) is 0 Å². The molecule has 11 heavy (non-hydrogen) atoms. The standard InChI is InChI=1S/C5H9N6/c1-7-10-3-9-11(6)4-8-2-5(10)11/h2-4,7H,6H2,1H3/q+1. The molecule has 3 N–H and O–H groups in total. The maximum absolute atomic E-state index is 5.77. The quantitative estimate of drug-likeness (QED) is 0.371. The van der Waals surface area contributed by atoms with Gasteiger partial charge in [-0.1, -0.05) is 0 Å². The van der Waals surface area contributed by atoms with Crippen LogP contribution in [0.1, 0.15) is 0 Å². The van der Waals surface area contributed by atoms with Crippen molar-refractivity contribution in [3.05, 3.63) is 12.0 Å². The molecular formula is C5H9N6+. The second kappa shape index (κ2) is 1.88. The third-order valence-electron chi connectivity index (χ3n) is 1.65. The van der Waals surface area contributed by atoms with Crippen LogP contribution in [0.5, 0.6) is 0 Å². The van der Waals surface area contributed by atoms with Gasteiger partial charge < -0.3 is 0 Å². The van der Waals surface area contributed by atoms with Crippen LogP contribution in [0.15, 0.2) is 22.1 Å². The number of nitrogens with zero attached hydrogens (tertiary/aromatic N) is 4. The van der Waals surface area contributed by atoms with E-state index in [2.05, 4.69) is 15.5 Å². The minimum absolute atomic E-state index is 0.0825. The molecule has 0 spiro atoms. The van der Waals surface area contributed by atoms with E-state index in [1.165, 1.54) is 0 Å². The largest absolute Gasteiger partial charge is 0.295 e. The topological polar surface area (TPSA) is 66.0 Å². The number of nitrogens with one attached hydrogen (secondary N) is 1. The van der Waals surface area contributed by atoms with Crippen molar-refractivity contribution >= 4 is 12.7 Å². The molecule has 0 saturated heterocycles. The van der Waals surface area contributed by atoms with Gasteiger partial charge >= 0.3 is 0 Å². The predicted octanol–water partition coefficient (Wildman–Crippen LogP) is -1.09. The molecule has 0 aromatic carbocycles. The van der Waals surface area contributed by atoms with Gasteiger partial charge in [0.2, 0.25) is 6.34 Å². The van der Waals surface area contributed by atoms with Crippen molar-refractivity contribution in [3.8, 4) is 0 Å². The van der Waals surface area contributed by atoms with Gasteiger partial charge in [0, 0.05) is 7.05 Å². The Hall–Kier alpha value is -1.24. The fourth-order valence-electron chi connectivity index (χ4n) is 1.05. The number of aliphatic imine (C=N–C) groups is 1. The molecule has 6 heteroatoms. The Kier molecular flexibility index (Phi) is 1.10. The zero-order chi connectivity index (χ0) is 7.90. The van der Waals surface area contributed by atoms with E-state index in [0.717, 1.165) is 5.82 Å². The monoisotopic (exact) mass is 153 g/mol. The molecule has 6 nitrogen and oxygen atoms in total. The van der Waals surface area contributed by atoms with Crippen molar-refractivity contribution in [1.29, 1.82) is 0 Å². The molecule has 1 atom stereocenters. The summed E-state index contributed by atoms with van der Waals surface area (Å²) in [6.07, 6.45) is 4.85. The van der Waals surface area contributed by atoms with Crippen molar-refractivity contribution < 1.29 is 4.70 Å². The Bertz CT molecular complexity index is 266. The lowest BCUT2D eigenvalue weighted by atomic mass is 10.7. The molecule has 2 aliphatic rings. The van der Waals surface area contributed by atoms with E-state index in [0.29, 0.717) is 0 Å². The molecule has 2 heterocycles. The summed E-state index contributed by atoms with van der Waals surface area (Å²) < 4.78 is -0.0825. The Morgan fingerprint density at radius 1 is 1.73 bits per heavy atom. The van der Waals surface area contributed by atoms with Crippen LogP contribution < -0.4 is 11.3 Å². The van der Waals surface area contributed by atoms with Crippen LogP contribution in [0, 0.1) is 0 Å². The molecule has 0 radical (unpaired) electrons. The average molecular weight is 153 g/mol. The van der Waals surface area contributed by atoms with Crippen LogP contribution >= 0.6 is 0 Å². The van der Waals surface area contributed by atoms with Crippen LogP contribution in [-0.4, -0.2) is 29.4 Å². The molecule has 0 aliphatic carbocycles. The van der Waals surface area contributed by atoms with Crippen molar-refractivity contribution in [1.82, 2.24) is 10.4 Å². The Balaban J connectivity index is 2.36. The van der Waals surface area contributed by atoms with Crippen LogP contribution in [0.3, 0.4) is 0 Å². The fourth-order valence-corrected chi connectivity index (χ4v) is 1.05. The lowest BCUT2D eigenvalue weighted by molar-refractivity contribution is -0.813. The average Bonchev–Trinajstić information content (AvgIpc) is 2.45. The zero-order valence-corrected chi connectivity index (χ0v) is 6.10. The van der Waals surface area contributed by atoms with Crippen molar-refractivity contribution in [2.75, 3.05) is 7.05 Å². The summed E-state index contributed by atoms with van der Waals surface area (Å²) in [6, 6.07) is 0.